The molecular weight excluding hydrogens is 633 g/mol. The van der Waals surface area contributed by atoms with Crippen LogP contribution in [-0.4, -0.2) is 9.13 Å². The first-order valence-electron chi connectivity index (χ1n) is 17.9. The molecule has 3 aromatic heterocycles. The number of fused-ring (bicyclic) bond motifs is 9. The van der Waals surface area contributed by atoms with Crippen LogP contribution in [0.3, 0.4) is 0 Å². The average Bonchev–Trinajstić information content (AvgIpc) is 3.85. The molecular formula is C49H32N2O. The van der Waals surface area contributed by atoms with E-state index in [1.54, 1.807) is 0 Å². The van der Waals surface area contributed by atoms with Crippen LogP contribution in [0, 0.1) is 6.92 Å². The van der Waals surface area contributed by atoms with Gasteiger partial charge in [-0.05, 0) is 95.9 Å². The summed E-state index contributed by atoms with van der Waals surface area (Å²) in [5.74, 6) is 0. The fourth-order valence-corrected chi connectivity index (χ4v) is 8.47. The van der Waals surface area contributed by atoms with Gasteiger partial charge in [-0.2, -0.15) is 0 Å². The summed E-state index contributed by atoms with van der Waals surface area (Å²) in [6, 6.07) is 63.5. The van der Waals surface area contributed by atoms with Gasteiger partial charge >= 0.3 is 0 Å². The van der Waals surface area contributed by atoms with E-state index in [9.17, 15) is 0 Å². The maximum Gasteiger partial charge on any atom is 0.143 e. The Morgan fingerprint density at radius 1 is 0.385 bits per heavy atom. The van der Waals surface area contributed by atoms with Gasteiger partial charge in [-0.15, -0.1) is 0 Å². The van der Waals surface area contributed by atoms with E-state index in [0.717, 1.165) is 33.1 Å². The second-order valence-corrected chi connectivity index (χ2v) is 13.8. The lowest BCUT2D eigenvalue weighted by molar-refractivity contribution is 0.670. The molecule has 0 radical (unpaired) electrons. The molecule has 11 rings (SSSR count). The van der Waals surface area contributed by atoms with Gasteiger partial charge in [0.1, 0.15) is 11.2 Å². The highest BCUT2D eigenvalue weighted by molar-refractivity contribution is 6.13. The summed E-state index contributed by atoms with van der Waals surface area (Å²) in [4.78, 5) is 0. The Kier molecular flexibility index (Phi) is 6.17. The van der Waals surface area contributed by atoms with E-state index in [2.05, 4.69) is 180 Å². The second kappa shape index (κ2) is 11.1. The Bertz CT molecular complexity index is 3190. The predicted molar refractivity (Wildman–Crippen MR) is 218 cm³/mol. The quantitative estimate of drug-likeness (QED) is 0.184. The zero-order chi connectivity index (χ0) is 34.3. The molecule has 3 nitrogen and oxygen atoms in total. The molecule has 0 bridgehead atoms. The normalized spacial score (nSPS) is 11.9. The summed E-state index contributed by atoms with van der Waals surface area (Å²) in [5.41, 5.74) is 14.9. The third-order valence-electron chi connectivity index (χ3n) is 10.8. The minimum atomic E-state index is 0.918. The van der Waals surface area contributed by atoms with E-state index in [-0.39, 0.29) is 0 Å². The van der Waals surface area contributed by atoms with E-state index < -0.39 is 0 Å². The van der Waals surface area contributed by atoms with E-state index in [4.69, 9.17) is 4.42 Å². The number of hydrogen-bond acceptors (Lipinski definition) is 1. The summed E-state index contributed by atoms with van der Waals surface area (Å²) in [6.07, 6.45) is 0. The molecule has 52 heavy (non-hydrogen) atoms. The van der Waals surface area contributed by atoms with Gasteiger partial charge in [0.05, 0.1) is 22.1 Å². The zero-order valence-electron chi connectivity index (χ0n) is 28.5. The molecule has 0 aliphatic carbocycles. The SMILES string of the molecule is Cc1cc(-c2cccc3c2oc2ccccc23)ccc1-n1c2ccccc2c2cc(-c3ccc4c(c3)c3ccccc3n4-c3ccccc3)ccc21. The van der Waals surface area contributed by atoms with Crippen LogP contribution in [0.1, 0.15) is 5.56 Å². The first kappa shape index (κ1) is 28.9. The maximum absolute atomic E-state index is 6.40. The van der Waals surface area contributed by atoms with Crippen LogP contribution in [0.5, 0.6) is 0 Å². The Morgan fingerprint density at radius 3 is 1.65 bits per heavy atom. The molecule has 0 aliphatic heterocycles. The van der Waals surface area contributed by atoms with E-state index in [1.807, 2.05) is 12.1 Å². The minimum absolute atomic E-state index is 0.918. The monoisotopic (exact) mass is 664 g/mol. The Labute approximate surface area is 300 Å². The lowest BCUT2D eigenvalue weighted by Crippen LogP contribution is -1.97. The van der Waals surface area contributed by atoms with Gasteiger partial charge < -0.3 is 13.6 Å². The predicted octanol–water partition coefficient (Wildman–Crippen LogP) is 13.4. The summed E-state index contributed by atoms with van der Waals surface area (Å²) < 4.78 is 11.2. The largest absolute Gasteiger partial charge is 0.455 e. The van der Waals surface area contributed by atoms with Crippen LogP contribution in [0.15, 0.2) is 180 Å². The first-order chi connectivity index (χ1) is 25.7. The van der Waals surface area contributed by atoms with E-state index in [1.165, 1.54) is 71.7 Å². The smallest absolute Gasteiger partial charge is 0.143 e. The van der Waals surface area contributed by atoms with Crippen molar-refractivity contribution in [2.45, 2.75) is 6.92 Å². The van der Waals surface area contributed by atoms with Crippen LogP contribution < -0.4 is 0 Å². The van der Waals surface area contributed by atoms with E-state index in [0.29, 0.717) is 0 Å². The zero-order valence-corrected chi connectivity index (χ0v) is 28.5. The third kappa shape index (κ3) is 4.20. The Balaban J connectivity index is 1.05. The van der Waals surface area contributed by atoms with Gasteiger partial charge in [0.25, 0.3) is 0 Å². The first-order valence-corrected chi connectivity index (χ1v) is 17.9. The molecule has 244 valence electrons. The lowest BCUT2D eigenvalue weighted by atomic mass is 9.99. The lowest BCUT2D eigenvalue weighted by Gasteiger charge is -2.13. The van der Waals surface area contributed by atoms with Crippen LogP contribution in [-0.2, 0) is 0 Å². The van der Waals surface area contributed by atoms with Crippen molar-refractivity contribution < 1.29 is 4.42 Å². The minimum Gasteiger partial charge on any atom is -0.455 e. The number of hydrogen-bond donors (Lipinski definition) is 0. The molecule has 0 unspecified atom stereocenters. The molecule has 3 heterocycles. The third-order valence-corrected chi connectivity index (χ3v) is 10.8. The molecule has 0 saturated heterocycles. The van der Waals surface area contributed by atoms with Crippen molar-refractivity contribution >= 4 is 65.6 Å². The Hall–Kier alpha value is -6.84. The van der Waals surface area contributed by atoms with Crippen molar-refractivity contribution in [3.63, 3.8) is 0 Å². The van der Waals surface area contributed by atoms with Gasteiger partial charge in [0.2, 0.25) is 0 Å². The van der Waals surface area contributed by atoms with Gasteiger partial charge in [0.15, 0.2) is 0 Å². The molecule has 0 aliphatic rings. The van der Waals surface area contributed by atoms with Gasteiger partial charge in [0, 0.05) is 49.3 Å². The van der Waals surface area contributed by atoms with E-state index >= 15 is 0 Å². The molecule has 0 amide bonds. The fourth-order valence-electron chi connectivity index (χ4n) is 8.47. The topological polar surface area (TPSA) is 23.0 Å². The molecule has 0 spiro atoms. The second-order valence-electron chi connectivity index (χ2n) is 13.8. The number of aryl methyl sites for hydroxylation is 1. The van der Waals surface area contributed by atoms with Crippen molar-refractivity contribution in [1.82, 2.24) is 9.13 Å². The van der Waals surface area contributed by atoms with Crippen molar-refractivity contribution in [2.75, 3.05) is 0 Å². The van der Waals surface area contributed by atoms with Crippen LogP contribution >= 0.6 is 0 Å². The number of rotatable bonds is 4. The number of benzene rings is 8. The number of aromatic nitrogens is 2. The number of nitrogens with zero attached hydrogens (tertiary/aromatic N) is 2. The van der Waals surface area contributed by atoms with Crippen LogP contribution in [0.2, 0.25) is 0 Å². The molecule has 8 aromatic carbocycles. The average molecular weight is 665 g/mol. The highest BCUT2D eigenvalue weighted by atomic mass is 16.3. The summed E-state index contributed by atoms with van der Waals surface area (Å²) >= 11 is 0. The van der Waals surface area contributed by atoms with Crippen molar-refractivity contribution in [3.05, 3.63) is 181 Å². The maximum atomic E-state index is 6.40. The fraction of sp³-hybridized carbons (Fsp3) is 0.0204. The van der Waals surface area contributed by atoms with Crippen molar-refractivity contribution in [1.29, 1.82) is 0 Å². The highest BCUT2D eigenvalue weighted by Gasteiger charge is 2.18. The molecule has 0 atom stereocenters. The standard InChI is InChI=1S/C49H32N2O/c1-31-28-34(36-17-11-18-40-39-16-7-10-21-48(39)52-49(36)40)24-25-43(31)51-45-20-9-6-15-38(45)42-30-33(23-27-47(42)51)32-22-26-46-41(29-32)37-14-5-8-19-44(37)50(46)35-12-3-2-4-13-35/h2-30H,1H3. The molecule has 0 saturated carbocycles. The Morgan fingerprint density at radius 2 is 0.942 bits per heavy atom. The molecule has 11 aromatic rings. The van der Waals surface area contributed by atoms with Gasteiger partial charge in [-0.1, -0.05) is 109 Å². The molecule has 0 N–H and O–H groups in total. The molecule has 0 fully saturated rings. The summed E-state index contributed by atoms with van der Waals surface area (Å²) in [6.45, 7) is 2.22. The summed E-state index contributed by atoms with van der Waals surface area (Å²) in [5, 5.41) is 7.31. The van der Waals surface area contributed by atoms with Gasteiger partial charge in [-0.3, -0.25) is 0 Å². The highest BCUT2D eigenvalue weighted by Crippen LogP contribution is 2.40. The van der Waals surface area contributed by atoms with Crippen molar-refractivity contribution in [3.8, 4) is 33.6 Å². The molecule has 3 heteroatoms. The number of furan rings is 1. The van der Waals surface area contributed by atoms with Crippen molar-refractivity contribution in [2.24, 2.45) is 0 Å². The van der Waals surface area contributed by atoms with Gasteiger partial charge in [-0.25, -0.2) is 0 Å². The number of para-hydroxylation sites is 5. The van der Waals surface area contributed by atoms with Crippen LogP contribution in [0.4, 0.5) is 0 Å². The van der Waals surface area contributed by atoms with Crippen LogP contribution in [0.25, 0.3) is 99.2 Å². The summed E-state index contributed by atoms with van der Waals surface area (Å²) in [7, 11) is 0.